The maximum Gasteiger partial charge on any atom is 0.273 e. The third kappa shape index (κ3) is 4.01. The predicted octanol–water partition coefficient (Wildman–Crippen LogP) is 2.91. The lowest BCUT2D eigenvalue weighted by atomic mass is 10.1. The average Bonchev–Trinajstić information content (AvgIpc) is 3.41. The Morgan fingerprint density at radius 2 is 1.77 bits per heavy atom. The molecular formula is C23H23N5O2. The zero-order chi connectivity index (χ0) is 20.9. The van der Waals surface area contributed by atoms with E-state index in [1.165, 1.54) is 0 Å². The largest absolute Gasteiger partial charge is 0.395 e. The third-order valence-electron chi connectivity index (χ3n) is 4.93. The van der Waals surface area contributed by atoms with Gasteiger partial charge >= 0.3 is 0 Å². The number of hydrogen-bond donors (Lipinski definition) is 1. The van der Waals surface area contributed by atoms with Crippen molar-refractivity contribution in [2.75, 3.05) is 13.2 Å². The first-order valence-corrected chi connectivity index (χ1v) is 9.73. The summed E-state index contributed by atoms with van der Waals surface area (Å²) in [6.07, 6.45) is 3.42. The summed E-state index contributed by atoms with van der Waals surface area (Å²) in [4.78, 5) is 19.3. The molecule has 0 aliphatic heterocycles. The van der Waals surface area contributed by atoms with Gasteiger partial charge in [-0.3, -0.25) is 4.79 Å². The van der Waals surface area contributed by atoms with Crippen molar-refractivity contribution in [3.63, 3.8) is 0 Å². The number of imidazole rings is 1. The van der Waals surface area contributed by atoms with Crippen LogP contribution in [0.3, 0.4) is 0 Å². The number of para-hydroxylation sites is 1. The van der Waals surface area contributed by atoms with Gasteiger partial charge in [0.1, 0.15) is 5.69 Å². The second-order valence-corrected chi connectivity index (χ2v) is 6.97. The molecule has 0 bridgehead atoms. The van der Waals surface area contributed by atoms with Gasteiger partial charge in [0.25, 0.3) is 5.91 Å². The van der Waals surface area contributed by atoms with E-state index in [0.29, 0.717) is 17.9 Å². The summed E-state index contributed by atoms with van der Waals surface area (Å²) in [5.74, 6) is -0.205. The van der Waals surface area contributed by atoms with E-state index in [2.05, 4.69) is 4.98 Å². The second-order valence-electron chi connectivity index (χ2n) is 6.97. The highest BCUT2D eigenvalue weighted by atomic mass is 16.3. The van der Waals surface area contributed by atoms with Crippen LogP contribution in [-0.2, 0) is 13.6 Å². The fourth-order valence-electron chi connectivity index (χ4n) is 3.32. The van der Waals surface area contributed by atoms with E-state index < -0.39 is 0 Å². The molecule has 1 amide bonds. The molecule has 0 unspecified atom stereocenters. The standard InChI is InChI=1S/C23H23N5O2/c1-26-17-24-15-20(26)16-27(12-13-29)23(30)22-14-21(18-8-4-2-5-9-18)25-28(22)19-10-6-3-7-11-19/h2-11,14-15,17,29H,12-13,16H2,1H3. The Morgan fingerprint density at radius 3 is 2.40 bits per heavy atom. The van der Waals surface area contributed by atoms with Crippen molar-refractivity contribution in [3.8, 4) is 16.9 Å². The highest BCUT2D eigenvalue weighted by Crippen LogP contribution is 2.23. The predicted molar refractivity (Wildman–Crippen MR) is 114 cm³/mol. The SMILES string of the molecule is Cn1cncc1CN(CCO)C(=O)c1cc(-c2ccccc2)nn1-c1ccccc1. The first-order chi connectivity index (χ1) is 14.7. The molecule has 0 aliphatic carbocycles. The van der Waals surface area contributed by atoms with Gasteiger partial charge in [0, 0.05) is 25.4 Å². The summed E-state index contributed by atoms with van der Waals surface area (Å²) in [5, 5.41) is 14.3. The minimum atomic E-state index is -0.205. The van der Waals surface area contributed by atoms with Crippen LogP contribution in [0, 0.1) is 0 Å². The van der Waals surface area contributed by atoms with E-state index in [-0.39, 0.29) is 19.1 Å². The normalized spacial score (nSPS) is 10.9. The van der Waals surface area contributed by atoms with Crippen LogP contribution in [0.5, 0.6) is 0 Å². The van der Waals surface area contributed by atoms with Crippen LogP contribution in [0.4, 0.5) is 0 Å². The molecule has 0 aliphatic rings. The number of aliphatic hydroxyl groups excluding tert-OH is 1. The minimum absolute atomic E-state index is 0.130. The second kappa shape index (κ2) is 8.75. The van der Waals surface area contributed by atoms with Crippen molar-refractivity contribution in [3.05, 3.63) is 90.6 Å². The maximum atomic E-state index is 13.5. The van der Waals surface area contributed by atoms with Crippen LogP contribution in [-0.4, -0.2) is 48.4 Å². The van der Waals surface area contributed by atoms with Crippen LogP contribution in [0.1, 0.15) is 16.2 Å². The van der Waals surface area contributed by atoms with Crippen LogP contribution < -0.4 is 0 Å². The van der Waals surface area contributed by atoms with E-state index >= 15 is 0 Å². The molecule has 152 valence electrons. The molecule has 0 saturated heterocycles. The molecule has 30 heavy (non-hydrogen) atoms. The highest BCUT2D eigenvalue weighted by Gasteiger charge is 2.23. The smallest absolute Gasteiger partial charge is 0.273 e. The Bertz CT molecular complexity index is 1120. The first-order valence-electron chi connectivity index (χ1n) is 9.73. The summed E-state index contributed by atoms with van der Waals surface area (Å²) in [6, 6.07) is 21.1. The molecular weight excluding hydrogens is 378 g/mol. The highest BCUT2D eigenvalue weighted by molar-refractivity contribution is 5.94. The van der Waals surface area contributed by atoms with Crippen molar-refractivity contribution in [1.82, 2.24) is 24.2 Å². The number of amides is 1. The Kier molecular flexibility index (Phi) is 5.72. The van der Waals surface area contributed by atoms with E-state index in [4.69, 9.17) is 5.10 Å². The quantitative estimate of drug-likeness (QED) is 0.517. The Labute approximate surface area is 174 Å². The number of aromatic nitrogens is 4. The summed E-state index contributed by atoms with van der Waals surface area (Å²) < 4.78 is 3.53. The van der Waals surface area contributed by atoms with Crippen molar-refractivity contribution >= 4 is 5.91 Å². The monoisotopic (exact) mass is 401 g/mol. The van der Waals surface area contributed by atoms with E-state index in [0.717, 1.165) is 16.9 Å². The lowest BCUT2D eigenvalue weighted by molar-refractivity contribution is 0.0695. The molecule has 4 aromatic rings. The summed E-state index contributed by atoms with van der Waals surface area (Å²) >= 11 is 0. The van der Waals surface area contributed by atoms with Crippen LogP contribution in [0.15, 0.2) is 79.3 Å². The Hall–Kier alpha value is -3.71. The van der Waals surface area contributed by atoms with Gasteiger partial charge < -0.3 is 14.6 Å². The maximum absolute atomic E-state index is 13.5. The van der Waals surface area contributed by atoms with Crippen LogP contribution >= 0.6 is 0 Å². The molecule has 7 heteroatoms. The minimum Gasteiger partial charge on any atom is -0.395 e. The van der Waals surface area contributed by atoms with Crippen molar-refractivity contribution in [2.45, 2.75) is 6.54 Å². The van der Waals surface area contributed by atoms with Gasteiger partial charge in [0.2, 0.25) is 0 Å². The van der Waals surface area contributed by atoms with Crippen LogP contribution in [0.2, 0.25) is 0 Å². The summed E-state index contributed by atoms with van der Waals surface area (Å²) in [6.45, 7) is 0.426. The number of aliphatic hydroxyl groups is 1. The number of aryl methyl sites for hydroxylation is 1. The van der Waals surface area contributed by atoms with E-state index in [1.54, 1.807) is 28.2 Å². The molecule has 0 spiro atoms. The first kappa shape index (κ1) is 19.6. The number of nitrogens with zero attached hydrogens (tertiary/aromatic N) is 5. The average molecular weight is 401 g/mol. The molecule has 4 rings (SSSR count). The van der Waals surface area contributed by atoms with Gasteiger partial charge in [-0.25, -0.2) is 9.67 Å². The van der Waals surface area contributed by atoms with Gasteiger partial charge in [-0.1, -0.05) is 48.5 Å². The van der Waals surface area contributed by atoms with Crippen molar-refractivity contribution in [1.29, 1.82) is 0 Å². The molecule has 0 atom stereocenters. The van der Waals surface area contributed by atoms with Crippen molar-refractivity contribution < 1.29 is 9.90 Å². The Balaban J connectivity index is 1.76. The lowest BCUT2D eigenvalue weighted by Gasteiger charge is -2.22. The van der Waals surface area contributed by atoms with Gasteiger partial charge in [0.15, 0.2) is 0 Å². The Morgan fingerprint density at radius 1 is 1.07 bits per heavy atom. The van der Waals surface area contributed by atoms with E-state index in [9.17, 15) is 9.90 Å². The molecule has 0 saturated carbocycles. The summed E-state index contributed by atoms with van der Waals surface area (Å²) in [5.41, 5.74) is 3.77. The fraction of sp³-hybridized carbons (Fsp3) is 0.174. The molecule has 2 aromatic carbocycles. The number of carbonyl (C=O) groups is 1. The molecule has 2 aromatic heterocycles. The molecule has 7 nitrogen and oxygen atoms in total. The summed E-state index contributed by atoms with van der Waals surface area (Å²) in [7, 11) is 1.88. The van der Waals surface area contributed by atoms with Gasteiger partial charge in [0.05, 0.1) is 36.6 Å². The zero-order valence-electron chi connectivity index (χ0n) is 16.7. The number of carbonyl (C=O) groups excluding carboxylic acids is 1. The number of hydrogen-bond acceptors (Lipinski definition) is 4. The zero-order valence-corrected chi connectivity index (χ0v) is 16.7. The molecule has 2 heterocycles. The van der Waals surface area contributed by atoms with Gasteiger partial charge in [-0.15, -0.1) is 0 Å². The lowest BCUT2D eigenvalue weighted by Crippen LogP contribution is -2.35. The van der Waals surface area contributed by atoms with E-state index in [1.807, 2.05) is 72.3 Å². The third-order valence-corrected chi connectivity index (χ3v) is 4.93. The van der Waals surface area contributed by atoms with Gasteiger partial charge in [-0.2, -0.15) is 5.10 Å². The number of benzene rings is 2. The topological polar surface area (TPSA) is 76.2 Å². The molecule has 1 N–H and O–H groups in total. The van der Waals surface area contributed by atoms with Gasteiger partial charge in [-0.05, 0) is 18.2 Å². The molecule has 0 fully saturated rings. The molecule has 0 radical (unpaired) electrons. The fourth-order valence-corrected chi connectivity index (χ4v) is 3.32. The van der Waals surface area contributed by atoms with Crippen LogP contribution in [0.25, 0.3) is 16.9 Å². The van der Waals surface area contributed by atoms with Crippen molar-refractivity contribution in [2.24, 2.45) is 7.05 Å². The number of rotatable bonds is 7.